The Kier molecular flexibility index (Phi) is 6.61. The number of hydrogen-bond acceptors (Lipinski definition) is 4. The number of ether oxygens (including phenoxy) is 2. The van der Waals surface area contributed by atoms with Gasteiger partial charge in [-0.3, -0.25) is 4.79 Å². The summed E-state index contributed by atoms with van der Waals surface area (Å²) >= 11 is 0. The Morgan fingerprint density at radius 1 is 1.11 bits per heavy atom. The molecule has 2 bridgehead atoms. The number of amides is 1. The highest BCUT2D eigenvalue weighted by atomic mass is 16.7. The lowest BCUT2D eigenvalue weighted by molar-refractivity contribution is -0.167. The van der Waals surface area contributed by atoms with Gasteiger partial charge >= 0.3 is 0 Å². The molecule has 2 aromatic rings. The van der Waals surface area contributed by atoms with E-state index >= 15 is 0 Å². The summed E-state index contributed by atoms with van der Waals surface area (Å²) in [7, 11) is 0. The molecule has 6 rings (SSSR count). The van der Waals surface area contributed by atoms with Gasteiger partial charge in [-0.25, -0.2) is 0 Å². The Hall–Kier alpha value is -2.63. The normalized spacial score (nSPS) is 29.9. The van der Waals surface area contributed by atoms with Gasteiger partial charge in [0.25, 0.3) is 5.91 Å². The van der Waals surface area contributed by atoms with Crippen LogP contribution in [-0.4, -0.2) is 36.6 Å². The van der Waals surface area contributed by atoms with E-state index in [1.165, 1.54) is 47.1 Å². The summed E-state index contributed by atoms with van der Waals surface area (Å²) in [4.78, 5) is 13.4. The standard InChI is InChI=1S/C31H37NO4/c1-2-35-31-26(8-5-13-33)27(18-29(36-31)30(34)32-28-15-19-9-10-22(28)14-19)21-11-12-25-23(17-21)16-20-6-3-4-7-24(20)25/h3-4,6-7,11-12,17-19,22,26-28,31,33H,2,5,8-10,13-16H2,1H3,(H,32,34)/t19?,22?,26-,27+,28?,31+/m0/s1. The number of fused-ring (bicyclic) bond motifs is 5. The van der Waals surface area contributed by atoms with Crippen molar-refractivity contribution in [3.8, 4) is 11.1 Å². The Balaban J connectivity index is 1.31. The van der Waals surface area contributed by atoms with Crippen molar-refractivity contribution < 1.29 is 19.4 Å². The van der Waals surface area contributed by atoms with E-state index in [9.17, 15) is 9.90 Å². The van der Waals surface area contributed by atoms with Crippen molar-refractivity contribution in [2.24, 2.45) is 17.8 Å². The van der Waals surface area contributed by atoms with Crippen molar-refractivity contribution in [1.82, 2.24) is 5.32 Å². The SMILES string of the molecule is CCO[C@@H]1OC(C(=O)NC2CC3CCC2C3)=C[C@H](c2ccc3c(c2)Cc2ccccc2-3)[C@@H]1CCCO. The molecule has 2 saturated carbocycles. The molecule has 1 heterocycles. The van der Waals surface area contributed by atoms with Crippen molar-refractivity contribution in [3.05, 3.63) is 71.0 Å². The van der Waals surface area contributed by atoms with E-state index in [1.807, 2.05) is 13.0 Å². The molecule has 5 heteroatoms. The summed E-state index contributed by atoms with van der Waals surface area (Å²) in [5.74, 6) is 1.65. The number of hydrogen-bond donors (Lipinski definition) is 2. The lowest BCUT2D eigenvalue weighted by Gasteiger charge is -2.37. The second-order valence-electron chi connectivity index (χ2n) is 11.0. The number of nitrogens with one attached hydrogen (secondary N) is 1. The van der Waals surface area contributed by atoms with Crippen LogP contribution in [0.25, 0.3) is 11.1 Å². The Morgan fingerprint density at radius 3 is 2.75 bits per heavy atom. The molecule has 6 atom stereocenters. The molecule has 0 aromatic heterocycles. The zero-order valence-electron chi connectivity index (χ0n) is 21.1. The van der Waals surface area contributed by atoms with E-state index in [-0.39, 0.29) is 30.4 Å². The van der Waals surface area contributed by atoms with Gasteiger partial charge in [-0.1, -0.05) is 48.9 Å². The number of rotatable bonds is 8. The first-order valence-electron chi connectivity index (χ1n) is 13.8. The van der Waals surface area contributed by atoms with Gasteiger partial charge in [-0.05, 0) is 91.2 Å². The van der Waals surface area contributed by atoms with Crippen LogP contribution in [0.3, 0.4) is 0 Å². The van der Waals surface area contributed by atoms with Crippen LogP contribution in [0, 0.1) is 17.8 Å². The molecule has 0 radical (unpaired) electrons. The summed E-state index contributed by atoms with van der Waals surface area (Å²) < 4.78 is 12.3. The summed E-state index contributed by atoms with van der Waals surface area (Å²) in [6.07, 6.45) is 8.74. The fourth-order valence-corrected chi connectivity index (χ4v) is 7.18. The van der Waals surface area contributed by atoms with Crippen LogP contribution in [0.4, 0.5) is 0 Å². The molecule has 36 heavy (non-hydrogen) atoms. The number of aliphatic hydroxyl groups is 1. The van der Waals surface area contributed by atoms with Gasteiger partial charge in [0, 0.05) is 31.1 Å². The quantitative estimate of drug-likeness (QED) is 0.452. The van der Waals surface area contributed by atoms with Crippen LogP contribution in [-0.2, 0) is 20.7 Å². The number of carbonyl (C=O) groups excluding carboxylic acids is 1. The molecule has 2 N–H and O–H groups in total. The Morgan fingerprint density at radius 2 is 1.97 bits per heavy atom. The van der Waals surface area contributed by atoms with Gasteiger partial charge in [0.05, 0.1) is 0 Å². The maximum Gasteiger partial charge on any atom is 0.286 e. The second kappa shape index (κ2) is 10.0. The molecule has 2 fully saturated rings. The van der Waals surface area contributed by atoms with E-state index in [0.29, 0.717) is 24.7 Å². The lowest BCUT2D eigenvalue weighted by atomic mass is 9.79. The summed E-state index contributed by atoms with van der Waals surface area (Å²) in [5, 5.41) is 12.9. The zero-order valence-corrected chi connectivity index (χ0v) is 21.1. The summed E-state index contributed by atoms with van der Waals surface area (Å²) in [6.45, 7) is 2.60. The minimum absolute atomic E-state index is 0.0170. The number of allylic oxidation sites excluding steroid dienone is 1. The largest absolute Gasteiger partial charge is 0.459 e. The first kappa shape index (κ1) is 23.7. The summed E-state index contributed by atoms with van der Waals surface area (Å²) in [5.41, 5.74) is 6.49. The maximum atomic E-state index is 13.4. The van der Waals surface area contributed by atoms with Crippen LogP contribution in [0.15, 0.2) is 54.3 Å². The van der Waals surface area contributed by atoms with Gasteiger partial charge in [-0.2, -0.15) is 0 Å². The fraction of sp³-hybridized carbons (Fsp3) is 0.516. The lowest BCUT2D eigenvalue weighted by Crippen LogP contribution is -2.43. The van der Waals surface area contributed by atoms with Gasteiger partial charge in [0.1, 0.15) is 0 Å². The van der Waals surface area contributed by atoms with Crippen molar-refractivity contribution in [3.63, 3.8) is 0 Å². The average molecular weight is 488 g/mol. The van der Waals surface area contributed by atoms with Gasteiger partial charge in [0.15, 0.2) is 5.76 Å². The van der Waals surface area contributed by atoms with Crippen LogP contribution in [0.5, 0.6) is 0 Å². The molecular formula is C31H37NO4. The topological polar surface area (TPSA) is 67.8 Å². The highest BCUT2D eigenvalue weighted by Crippen LogP contribution is 2.45. The Labute approximate surface area is 213 Å². The average Bonchev–Trinajstić information content (AvgIpc) is 3.61. The number of carbonyl (C=O) groups is 1. The molecule has 0 spiro atoms. The van der Waals surface area contributed by atoms with E-state index in [4.69, 9.17) is 9.47 Å². The van der Waals surface area contributed by atoms with Crippen LogP contribution >= 0.6 is 0 Å². The number of aliphatic hydroxyl groups excluding tert-OH is 1. The first-order valence-corrected chi connectivity index (χ1v) is 13.8. The minimum atomic E-state index is -0.511. The third-order valence-electron chi connectivity index (χ3n) is 8.89. The highest BCUT2D eigenvalue weighted by Gasteiger charge is 2.42. The third-order valence-corrected chi connectivity index (χ3v) is 8.89. The predicted octanol–water partition coefficient (Wildman–Crippen LogP) is 5.31. The van der Waals surface area contributed by atoms with Crippen LogP contribution < -0.4 is 5.32 Å². The fourth-order valence-electron chi connectivity index (χ4n) is 7.18. The molecule has 0 saturated heterocycles. The van der Waals surface area contributed by atoms with Gasteiger partial charge in [-0.15, -0.1) is 0 Å². The third kappa shape index (κ3) is 4.37. The molecule has 3 aliphatic carbocycles. The Bertz CT molecular complexity index is 1160. The molecule has 4 aliphatic rings. The smallest absolute Gasteiger partial charge is 0.286 e. The van der Waals surface area contributed by atoms with E-state index in [0.717, 1.165) is 25.2 Å². The van der Waals surface area contributed by atoms with Gasteiger partial charge < -0.3 is 19.9 Å². The first-order chi connectivity index (χ1) is 17.6. The van der Waals surface area contributed by atoms with E-state index in [2.05, 4.69) is 47.8 Å². The number of benzene rings is 2. The van der Waals surface area contributed by atoms with Crippen LogP contribution in [0.2, 0.25) is 0 Å². The molecule has 3 unspecified atom stereocenters. The predicted molar refractivity (Wildman–Crippen MR) is 139 cm³/mol. The molecular weight excluding hydrogens is 450 g/mol. The van der Waals surface area contributed by atoms with Gasteiger partial charge in [0.2, 0.25) is 6.29 Å². The second-order valence-corrected chi connectivity index (χ2v) is 11.0. The highest BCUT2D eigenvalue weighted by molar-refractivity contribution is 5.92. The van der Waals surface area contributed by atoms with E-state index in [1.54, 1.807) is 0 Å². The maximum absolute atomic E-state index is 13.4. The molecule has 1 aliphatic heterocycles. The monoisotopic (exact) mass is 487 g/mol. The molecule has 1 amide bonds. The van der Waals surface area contributed by atoms with Crippen molar-refractivity contribution in [2.75, 3.05) is 13.2 Å². The van der Waals surface area contributed by atoms with Crippen LogP contribution in [0.1, 0.15) is 68.1 Å². The van der Waals surface area contributed by atoms with Crippen molar-refractivity contribution in [1.29, 1.82) is 0 Å². The molecule has 190 valence electrons. The van der Waals surface area contributed by atoms with E-state index < -0.39 is 6.29 Å². The molecule has 5 nitrogen and oxygen atoms in total. The van der Waals surface area contributed by atoms with Crippen molar-refractivity contribution in [2.45, 2.75) is 70.1 Å². The van der Waals surface area contributed by atoms with Crippen molar-refractivity contribution >= 4 is 5.91 Å². The summed E-state index contributed by atoms with van der Waals surface area (Å²) in [6, 6.07) is 15.6. The molecule has 2 aromatic carbocycles. The minimum Gasteiger partial charge on any atom is -0.459 e. The zero-order chi connectivity index (χ0) is 24.6.